The summed E-state index contributed by atoms with van der Waals surface area (Å²) in [7, 11) is 0. The van der Waals surface area contributed by atoms with Crippen LogP contribution in [0.1, 0.15) is 37.7 Å². The van der Waals surface area contributed by atoms with Gasteiger partial charge in [-0.1, -0.05) is 29.8 Å². The topological polar surface area (TPSA) is 44.4 Å². The second-order valence-electron chi connectivity index (χ2n) is 6.78. The summed E-state index contributed by atoms with van der Waals surface area (Å²) in [5.41, 5.74) is 3.62. The molecule has 0 spiro atoms. The van der Waals surface area contributed by atoms with Crippen LogP contribution in [0.3, 0.4) is 0 Å². The minimum atomic E-state index is -0.0990. The molecule has 0 aromatic heterocycles. The molecule has 1 fully saturated rings. The SMILES string of the molecule is O=C(NCCC1=CCCCC1)Nc1ccccc1CN1CCSCC1. The summed E-state index contributed by atoms with van der Waals surface area (Å²) >= 11 is 2.02. The van der Waals surface area contributed by atoms with E-state index in [1.54, 1.807) is 0 Å². The van der Waals surface area contributed by atoms with Crippen LogP contribution in [0.15, 0.2) is 35.9 Å². The van der Waals surface area contributed by atoms with Crippen LogP contribution in [-0.2, 0) is 6.54 Å². The Labute approximate surface area is 155 Å². The summed E-state index contributed by atoms with van der Waals surface area (Å²) in [5.74, 6) is 2.40. The van der Waals surface area contributed by atoms with Gasteiger partial charge in [0.1, 0.15) is 0 Å². The van der Waals surface area contributed by atoms with Gasteiger partial charge < -0.3 is 10.6 Å². The van der Waals surface area contributed by atoms with Gasteiger partial charge in [-0.15, -0.1) is 0 Å². The summed E-state index contributed by atoms with van der Waals surface area (Å²) in [6, 6.07) is 8.05. The normalized spacial score (nSPS) is 18.5. The Kier molecular flexibility index (Phi) is 7.24. The number of hydrogen-bond donors (Lipinski definition) is 2. The van der Waals surface area contributed by atoms with E-state index in [1.807, 2.05) is 30.0 Å². The monoisotopic (exact) mass is 359 g/mol. The summed E-state index contributed by atoms with van der Waals surface area (Å²) in [6.45, 7) is 3.87. The third kappa shape index (κ3) is 6.08. The fourth-order valence-corrected chi connectivity index (χ4v) is 4.39. The average molecular weight is 360 g/mol. The molecular weight excluding hydrogens is 330 g/mol. The molecule has 1 aromatic rings. The molecule has 1 aliphatic heterocycles. The van der Waals surface area contributed by atoms with Crippen molar-refractivity contribution in [3.8, 4) is 0 Å². The molecule has 4 nitrogen and oxygen atoms in total. The number of anilines is 1. The number of benzene rings is 1. The van der Waals surface area contributed by atoms with E-state index in [9.17, 15) is 4.79 Å². The van der Waals surface area contributed by atoms with Crippen molar-refractivity contribution in [2.24, 2.45) is 0 Å². The predicted molar refractivity (Wildman–Crippen MR) is 107 cm³/mol. The molecule has 1 aliphatic carbocycles. The van der Waals surface area contributed by atoms with Crippen LogP contribution in [0, 0.1) is 0 Å². The van der Waals surface area contributed by atoms with E-state index in [-0.39, 0.29) is 6.03 Å². The lowest BCUT2D eigenvalue weighted by molar-refractivity contribution is 0.252. The zero-order valence-corrected chi connectivity index (χ0v) is 15.7. The number of rotatable bonds is 6. The molecule has 0 atom stereocenters. The van der Waals surface area contributed by atoms with Crippen LogP contribution in [0.5, 0.6) is 0 Å². The third-order valence-electron chi connectivity index (χ3n) is 4.88. The van der Waals surface area contributed by atoms with Crippen LogP contribution < -0.4 is 10.6 Å². The van der Waals surface area contributed by atoms with Crippen molar-refractivity contribution in [2.75, 3.05) is 36.5 Å². The number of amides is 2. The smallest absolute Gasteiger partial charge is 0.319 e. The lowest BCUT2D eigenvalue weighted by Gasteiger charge is -2.27. The maximum absolute atomic E-state index is 12.2. The van der Waals surface area contributed by atoms with E-state index in [4.69, 9.17) is 0 Å². The molecule has 0 bridgehead atoms. The summed E-state index contributed by atoms with van der Waals surface area (Å²) in [6.07, 6.45) is 8.31. The third-order valence-corrected chi connectivity index (χ3v) is 5.82. The maximum Gasteiger partial charge on any atom is 0.319 e. The van der Waals surface area contributed by atoms with E-state index in [2.05, 4.69) is 27.7 Å². The van der Waals surface area contributed by atoms with Crippen molar-refractivity contribution >= 4 is 23.5 Å². The molecule has 2 aliphatic rings. The number of allylic oxidation sites excluding steroid dienone is 1. The first-order valence-corrected chi connectivity index (χ1v) is 10.6. The second-order valence-corrected chi connectivity index (χ2v) is 8.01. The van der Waals surface area contributed by atoms with Crippen molar-refractivity contribution in [3.05, 3.63) is 41.5 Å². The molecule has 1 saturated heterocycles. The van der Waals surface area contributed by atoms with Crippen molar-refractivity contribution < 1.29 is 4.79 Å². The number of carbonyl (C=O) groups excluding carboxylic acids is 1. The second kappa shape index (κ2) is 9.88. The van der Waals surface area contributed by atoms with Crippen molar-refractivity contribution in [3.63, 3.8) is 0 Å². The number of carbonyl (C=O) groups is 1. The molecule has 1 heterocycles. The van der Waals surface area contributed by atoms with E-state index < -0.39 is 0 Å². The molecule has 0 radical (unpaired) electrons. The van der Waals surface area contributed by atoms with Crippen LogP contribution in [0.4, 0.5) is 10.5 Å². The van der Waals surface area contributed by atoms with Crippen LogP contribution in [0.25, 0.3) is 0 Å². The number of urea groups is 1. The first-order valence-electron chi connectivity index (χ1n) is 9.42. The van der Waals surface area contributed by atoms with Gasteiger partial charge in [0.2, 0.25) is 0 Å². The highest BCUT2D eigenvalue weighted by Gasteiger charge is 2.13. The lowest BCUT2D eigenvalue weighted by atomic mass is 9.97. The van der Waals surface area contributed by atoms with E-state index in [0.29, 0.717) is 6.54 Å². The summed E-state index contributed by atoms with van der Waals surface area (Å²) in [4.78, 5) is 14.7. The van der Waals surface area contributed by atoms with E-state index in [0.717, 1.165) is 31.7 Å². The molecule has 25 heavy (non-hydrogen) atoms. The van der Waals surface area contributed by atoms with Crippen molar-refractivity contribution in [2.45, 2.75) is 38.6 Å². The predicted octanol–water partition coefficient (Wildman–Crippen LogP) is 4.25. The minimum Gasteiger partial charge on any atom is -0.338 e. The molecule has 136 valence electrons. The quantitative estimate of drug-likeness (QED) is 0.747. The standard InChI is InChI=1S/C20H29N3OS/c24-20(21-11-10-17-6-2-1-3-7-17)22-19-9-5-4-8-18(19)16-23-12-14-25-15-13-23/h4-6,8-9H,1-3,7,10-16H2,(H2,21,22,24). The van der Waals surface area contributed by atoms with Gasteiger partial charge in [-0.25, -0.2) is 4.79 Å². The molecule has 5 heteroatoms. The molecular formula is C20H29N3OS. The van der Waals surface area contributed by atoms with E-state index in [1.165, 1.54) is 48.3 Å². The van der Waals surface area contributed by atoms with Crippen LogP contribution in [0.2, 0.25) is 0 Å². The fourth-order valence-electron chi connectivity index (χ4n) is 3.42. The highest BCUT2D eigenvalue weighted by Crippen LogP contribution is 2.20. The number of nitrogens with zero attached hydrogens (tertiary/aromatic N) is 1. The molecule has 2 N–H and O–H groups in total. The van der Waals surface area contributed by atoms with Gasteiger partial charge in [0, 0.05) is 43.4 Å². The molecule has 0 unspecified atom stereocenters. The van der Waals surface area contributed by atoms with Gasteiger partial charge >= 0.3 is 6.03 Å². The van der Waals surface area contributed by atoms with E-state index >= 15 is 0 Å². The van der Waals surface area contributed by atoms with Gasteiger partial charge in [0.15, 0.2) is 0 Å². The first kappa shape index (κ1) is 18.3. The Hall–Kier alpha value is -1.46. The Bertz CT molecular complexity index is 596. The van der Waals surface area contributed by atoms with Gasteiger partial charge in [-0.2, -0.15) is 11.8 Å². The number of nitrogens with one attached hydrogen (secondary N) is 2. The zero-order chi connectivity index (χ0) is 17.3. The molecule has 1 aromatic carbocycles. The largest absolute Gasteiger partial charge is 0.338 e. The number of hydrogen-bond acceptors (Lipinski definition) is 3. The Morgan fingerprint density at radius 1 is 1.16 bits per heavy atom. The minimum absolute atomic E-state index is 0.0990. The van der Waals surface area contributed by atoms with Gasteiger partial charge in [-0.3, -0.25) is 4.90 Å². The Balaban J connectivity index is 1.47. The lowest BCUT2D eigenvalue weighted by Crippen LogP contribution is -2.33. The zero-order valence-electron chi connectivity index (χ0n) is 14.9. The van der Waals surface area contributed by atoms with Gasteiger partial charge in [-0.05, 0) is 43.7 Å². The average Bonchev–Trinajstić information content (AvgIpc) is 2.65. The molecule has 3 rings (SSSR count). The van der Waals surface area contributed by atoms with Gasteiger partial charge in [0.25, 0.3) is 0 Å². The Morgan fingerprint density at radius 3 is 2.80 bits per heavy atom. The number of para-hydroxylation sites is 1. The summed E-state index contributed by atoms with van der Waals surface area (Å²) < 4.78 is 0. The van der Waals surface area contributed by atoms with Crippen LogP contribution >= 0.6 is 11.8 Å². The summed E-state index contributed by atoms with van der Waals surface area (Å²) in [5, 5.41) is 6.04. The maximum atomic E-state index is 12.2. The fraction of sp³-hybridized carbons (Fsp3) is 0.550. The van der Waals surface area contributed by atoms with Crippen molar-refractivity contribution in [1.82, 2.24) is 10.2 Å². The molecule has 0 saturated carbocycles. The van der Waals surface area contributed by atoms with Crippen LogP contribution in [-0.4, -0.2) is 42.1 Å². The Morgan fingerprint density at radius 2 is 2.00 bits per heavy atom. The first-order chi connectivity index (χ1) is 12.3. The van der Waals surface area contributed by atoms with Gasteiger partial charge in [0.05, 0.1) is 0 Å². The molecule has 2 amide bonds. The number of thioether (sulfide) groups is 1. The van der Waals surface area contributed by atoms with Crippen molar-refractivity contribution in [1.29, 1.82) is 0 Å². The highest BCUT2D eigenvalue weighted by molar-refractivity contribution is 7.99. The highest BCUT2D eigenvalue weighted by atomic mass is 32.2.